The van der Waals surface area contributed by atoms with Gasteiger partial charge < -0.3 is 9.64 Å². The molecule has 176 valence electrons. The number of rotatable bonds is 7. The lowest BCUT2D eigenvalue weighted by molar-refractivity contribution is -0.132. The van der Waals surface area contributed by atoms with Crippen LogP contribution in [0.15, 0.2) is 52.2 Å². The molecule has 0 unspecified atom stereocenters. The zero-order chi connectivity index (χ0) is 23.6. The molecule has 0 bridgehead atoms. The number of fused-ring (bicyclic) bond motifs is 1. The number of ether oxygens (including phenoxy) is 1. The van der Waals surface area contributed by atoms with Crippen LogP contribution >= 0.6 is 11.3 Å². The Morgan fingerprint density at radius 3 is 2.39 bits per heavy atom. The van der Waals surface area contributed by atoms with Crippen molar-refractivity contribution in [2.24, 2.45) is 0 Å². The van der Waals surface area contributed by atoms with Gasteiger partial charge in [0.25, 0.3) is 0 Å². The van der Waals surface area contributed by atoms with Gasteiger partial charge in [0.1, 0.15) is 5.75 Å². The first-order valence-corrected chi connectivity index (χ1v) is 13.1. The Bertz CT molecular complexity index is 1300. The van der Waals surface area contributed by atoms with E-state index in [9.17, 15) is 18.0 Å². The molecule has 4 rings (SSSR count). The van der Waals surface area contributed by atoms with E-state index in [2.05, 4.69) is 0 Å². The Morgan fingerprint density at radius 2 is 1.76 bits per heavy atom. The summed E-state index contributed by atoms with van der Waals surface area (Å²) >= 11 is 1.05. The van der Waals surface area contributed by atoms with Gasteiger partial charge in [0.05, 0.1) is 22.2 Å². The van der Waals surface area contributed by atoms with E-state index in [1.165, 1.54) is 4.31 Å². The second kappa shape index (κ2) is 9.66. The predicted molar refractivity (Wildman–Crippen MR) is 128 cm³/mol. The summed E-state index contributed by atoms with van der Waals surface area (Å²) in [6, 6.07) is 12.5. The van der Waals surface area contributed by atoms with Gasteiger partial charge in [-0.3, -0.25) is 14.2 Å². The molecule has 1 aliphatic rings. The molecule has 8 nitrogen and oxygen atoms in total. The SMILES string of the molecule is CCn1c(=O)sc2cc(S(=O)(=O)N3CCN(C(=O)CCc4ccc(OC)cc4)CC3)ccc21. The van der Waals surface area contributed by atoms with Crippen molar-refractivity contribution in [3.63, 3.8) is 0 Å². The molecule has 33 heavy (non-hydrogen) atoms. The van der Waals surface area contributed by atoms with E-state index in [-0.39, 0.29) is 28.8 Å². The van der Waals surface area contributed by atoms with Crippen molar-refractivity contribution in [1.29, 1.82) is 0 Å². The molecule has 1 aliphatic heterocycles. The molecule has 0 saturated carbocycles. The van der Waals surface area contributed by atoms with E-state index < -0.39 is 10.0 Å². The molecule has 1 amide bonds. The number of sulfonamides is 1. The summed E-state index contributed by atoms with van der Waals surface area (Å²) in [6.07, 6.45) is 1.00. The Balaban J connectivity index is 1.37. The van der Waals surface area contributed by atoms with Crippen LogP contribution in [-0.4, -0.2) is 61.4 Å². The first kappa shape index (κ1) is 23.5. The smallest absolute Gasteiger partial charge is 0.308 e. The number of carbonyl (C=O) groups is 1. The molecule has 0 radical (unpaired) electrons. The second-order valence-corrected chi connectivity index (χ2v) is 10.8. The third-order valence-corrected chi connectivity index (χ3v) is 8.81. The molecule has 10 heteroatoms. The quantitative estimate of drug-likeness (QED) is 0.509. The first-order valence-electron chi connectivity index (χ1n) is 10.9. The van der Waals surface area contributed by atoms with Crippen LogP contribution in [0.1, 0.15) is 18.9 Å². The van der Waals surface area contributed by atoms with Crippen molar-refractivity contribution >= 4 is 37.5 Å². The largest absolute Gasteiger partial charge is 0.497 e. The van der Waals surface area contributed by atoms with Crippen LogP contribution in [0.5, 0.6) is 5.75 Å². The van der Waals surface area contributed by atoms with Crippen LogP contribution in [0.4, 0.5) is 0 Å². The number of methoxy groups -OCH3 is 1. The van der Waals surface area contributed by atoms with Crippen molar-refractivity contribution in [3.05, 3.63) is 57.7 Å². The van der Waals surface area contributed by atoms with Crippen LogP contribution in [0.25, 0.3) is 10.2 Å². The number of aromatic nitrogens is 1. The van der Waals surface area contributed by atoms with Crippen LogP contribution in [-0.2, 0) is 27.8 Å². The highest BCUT2D eigenvalue weighted by Crippen LogP contribution is 2.25. The number of piperazine rings is 1. The summed E-state index contributed by atoms with van der Waals surface area (Å²) in [4.78, 5) is 26.5. The normalized spacial score (nSPS) is 15.2. The Labute approximate surface area is 197 Å². The van der Waals surface area contributed by atoms with E-state index in [0.29, 0.717) is 37.2 Å². The van der Waals surface area contributed by atoms with Gasteiger partial charge in [0, 0.05) is 39.1 Å². The van der Waals surface area contributed by atoms with Crippen molar-refractivity contribution < 1.29 is 17.9 Å². The Kier molecular flexibility index (Phi) is 6.87. The molecule has 3 aromatic rings. The monoisotopic (exact) mass is 489 g/mol. The number of thiazole rings is 1. The highest BCUT2D eigenvalue weighted by atomic mass is 32.2. The van der Waals surface area contributed by atoms with Crippen LogP contribution in [0.2, 0.25) is 0 Å². The minimum absolute atomic E-state index is 0.0231. The van der Waals surface area contributed by atoms with Gasteiger partial charge in [-0.2, -0.15) is 4.31 Å². The standard InChI is InChI=1S/C23H27N3O5S2/c1-3-26-20-10-9-19(16-21(20)32-23(26)28)33(29,30)25-14-12-24(13-15-25)22(27)11-6-17-4-7-18(31-2)8-5-17/h4-5,7-10,16H,3,6,11-15H2,1-2H3. The van der Waals surface area contributed by atoms with Crippen LogP contribution < -0.4 is 9.61 Å². The van der Waals surface area contributed by atoms with E-state index >= 15 is 0 Å². The van der Waals surface area contributed by atoms with Crippen LogP contribution in [0, 0.1) is 0 Å². The van der Waals surface area contributed by atoms with Gasteiger partial charge in [-0.1, -0.05) is 23.5 Å². The number of benzene rings is 2. The van der Waals surface area contributed by atoms with Gasteiger partial charge in [0.15, 0.2) is 0 Å². The third-order valence-electron chi connectivity index (χ3n) is 5.97. The number of amides is 1. The fourth-order valence-electron chi connectivity index (χ4n) is 4.04. The van der Waals surface area contributed by atoms with Crippen molar-refractivity contribution in [2.45, 2.75) is 31.2 Å². The minimum Gasteiger partial charge on any atom is -0.497 e. The maximum absolute atomic E-state index is 13.2. The van der Waals surface area contributed by atoms with E-state index in [1.54, 1.807) is 34.8 Å². The number of aryl methyl sites for hydroxylation is 2. The van der Waals surface area contributed by atoms with E-state index in [0.717, 1.165) is 28.2 Å². The molecule has 0 spiro atoms. The van der Waals surface area contributed by atoms with Crippen molar-refractivity contribution in [2.75, 3.05) is 33.3 Å². The minimum atomic E-state index is -3.70. The fraction of sp³-hybridized carbons (Fsp3) is 0.391. The summed E-state index contributed by atoms with van der Waals surface area (Å²) in [5.41, 5.74) is 1.80. The zero-order valence-electron chi connectivity index (χ0n) is 18.7. The molecule has 2 aromatic carbocycles. The van der Waals surface area contributed by atoms with Crippen molar-refractivity contribution in [3.8, 4) is 5.75 Å². The summed E-state index contributed by atoms with van der Waals surface area (Å²) in [7, 11) is -2.08. The molecule has 1 saturated heterocycles. The molecule has 0 aliphatic carbocycles. The lowest BCUT2D eigenvalue weighted by atomic mass is 10.1. The second-order valence-electron chi connectivity index (χ2n) is 7.87. The average Bonchev–Trinajstić information content (AvgIpc) is 3.16. The number of hydrogen-bond donors (Lipinski definition) is 0. The topological polar surface area (TPSA) is 88.9 Å². The van der Waals surface area contributed by atoms with Gasteiger partial charge in [-0.05, 0) is 49.2 Å². The van der Waals surface area contributed by atoms with Gasteiger partial charge in [0.2, 0.25) is 15.9 Å². The molecular weight excluding hydrogens is 462 g/mol. The molecule has 0 N–H and O–H groups in total. The van der Waals surface area contributed by atoms with Gasteiger partial charge in [-0.15, -0.1) is 0 Å². The summed E-state index contributed by atoms with van der Waals surface area (Å²) < 4.78 is 35.2. The maximum atomic E-state index is 13.2. The third kappa shape index (κ3) is 4.83. The fourth-order valence-corrected chi connectivity index (χ4v) is 6.55. The Morgan fingerprint density at radius 1 is 1.06 bits per heavy atom. The first-order chi connectivity index (χ1) is 15.8. The number of carbonyl (C=O) groups excluding carboxylic acids is 1. The Hall–Kier alpha value is -2.69. The molecular formula is C23H27N3O5S2. The molecule has 2 heterocycles. The summed E-state index contributed by atoms with van der Waals surface area (Å²) in [5, 5.41) is 0. The van der Waals surface area contributed by atoms with Gasteiger partial charge in [-0.25, -0.2) is 8.42 Å². The van der Waals surface area contributed by atoms with Gasteiger partial charge >= 0.3 is 4.87 Å². The van der Waals surface area contributed by atoms with Crippen molar-refractivity contribution in [1.82, 2.24) is 13.8 Å². The van der Waals surface area contributed by atoms with Crippen LogP contribution in [0.3, 0.4) is 0 Å². The molecule has 1 fully saturated rings. The lowest BCUT2D eigenvalue weighted by Crippen LogP contribution is -2.50. The maximum Gasteiger partial charge on any atom is 0.308 e. The molecule has 1 aromatic heterocycles. The van der Waals surface area contributed by atoms with E-state index in [1.807, 2.05) is 31.2 Å². The summed E-state index contributed by atoms with van der Waals surface area (Å²) in [6.45, 7) is 3.65. The lowest BCUT2D eigenvalue weighted by Gasteiger charge is -2.34. The average molecular weight is 490 g/mol. The van der Waals surface area contributed by atoms with E-state index in [4.69, 9.17) is 4.74 Å². The summed E-state index contributed by atoms with van der Waals surface area (Å²) in [5.74, 6) is 0.800. The number of hydrogen-bond acceptors (Lipinski definition) is 6. The number of nitrogens with zero attached hydrogens (tertiary/aromatic N) is 3. The highest BCUT2D eigenvalue weighted by molar-refractivity contribution is 7.89. The molecule has 0 atom stereocenters. The zero-order valence-corrected chi connectivity index (χ0v) is 20.3. The predicted octanol–water partition coefficient (Wildman–Crippen LogP) is 2.56. The highest BCUT2D eigenvalue weighted by Gasteiger charge is 2.30.